The van der Waals surface area contributed by atoms with E-state index in [9.17, 15) is 21.9 Å². The van der Waals surface area contributed by atoms with Gasteiger partial charge < -0.3 is 15.0 Å². The van der Waals surface area contributed by atoms with Gasteiger partial charge in [-0.15, -0.1) is 3.89 Å². The molecule has 22 heavy (non-hydrogen) atoms. The molecule has 1 rings (SSSR count). The number of ether oxygens (including phenoxy) is 1. The average molecular weight is 338 g/mol. The van der Waals surface area contributed by atoms with Gasteiger partial charge in [0.15, 0.2) is 0 Å². The smallest absolute Gasteiger partial charge is 0.407 e. The van der Waals surface area contributed by atoms with Crippen molar-refractivity contribution in [2.45, 2.75) is 39.2 Å². The summed E-state index contributed by atoms with van der Waals surface area (Å²) in [6, 6.07) is 0. The van der Waals surface area contributed by atoms with E-state index in [0.29, 0.717) is 19.5 Å². The standard InChI is InChI=1S/C13H23FN2O5S/c1-13(2,3)21-12(18)15-5-4-6-16-8-10(7-11(16)17)9-22(14,19)20/h10H,4-9H2,1-3H3,(H,15,18). The average Bonchev–Trinajstić information content (AvgIpc) is 2.60. The Morgan fingerprint density at radius 3 is 2.64 bits per heavy atom. The molecule has 0 aliphatic carbocycles. The van der Waals surface area contributed by atoms with E-state index >= 15 is 0 Å². The predicted octanol–water partition coefficient (Wildman–Crippen LogP) is 1.05. The second-order valence-corrected chi connectivity index (χ2v) is 7.81. The summed E-state index contributed by atoms with van der Waals surface area (Å²) in [5.41, 5.74) is -0.569. The molecule has 9 heteroatoms. The van der Waals surface area contributed by atoms with E-state index in [4.69, 9.17) is 4.74 Å². The number of amides is 2. The van der Waals surface area contributed by atoms with E-state index in [1.807, 2.05) is 0 Å². The lowest BCUT2D eigenvalue weighted by Gasteiger charge is -2.20. The zero-order valence-electron chi connectivity index (χ0n) is 13.1. The summed E-state index contributed by atoms with van der Waals surface area (Å²) in [5.74, 6) is -1.31. The Morgan fingerprint density at radius 1 is 1.45 bits per heavy atom. The fraction of sp³-hybridized carbons (Fsp3) is 0.846. The number of alkyl carbamates (subject to hydrolysis) is 1. The van der Waals surface area contributed by atoms with Crippen molar-refractivity contribution >= 4 is 22.2 Å². The van der Waals surface area contributed by atoms with Crippen molar-refractivity contribution < 1.29 is 26.6 Å². The molecule has 1 atom stereocenters. The third-order valence-electron chi connectivity index (χ3n) is 3.00. The molecule has 128 valence electrons. The molecule has 1 unspecified atom stereocenters. The number of carbonyl (C=O) groups excluding carboxylic acids is 2. The lowest BCUT2D eigenvalue weighted by molar-refractivity contribution is -0.127. The third kappa shape index (κ3) is 7.58. The van der Waals surface area contributed by atoms with E-state index in [-0.39, 0.29) is 18.9 Å². The predicted molar refractivity (Wildman–Crippen MR) is 78.4 cm³/mol. The van der Waals surface area contributed by atoms with Gasteiger partial charge in [0.1, 0.15) is 5.60 Å². The van der Waals surface area contributed by atoms with Crippen molar-refractivity contribution in [1.82, 2.24) is 10.2 Å². The minimum absolute atomic E-state index is 0.0443. The van der Waals surface area contributed by atoms with Crippen molar-refractivity contribution in [1.29, 1.82) is 0 Å². The second kappa shape index (κ2) is 7.26. The van der Waals surface area contributed by atoms with Crippen LogP contribution in [0.2, 0.25) is 0 Å². The monoisotopic (exact) mass is 338 g/mol. The van der Waals surface area contributed by atoms with E-state index in [2.05, 4.69) is 5.32 Å². The highest BCUT2D eigenvalue weighted by atomic mass is 32.3. The van der Waals surface area contributed by atoms with Crippen LogP contribution in [0.4, 0.5) is 8.68 Å². The molecule has 0 aromatic heterocycles. The van der Waals surface area contributed by atoms with Gasteiger partial charge in [0.25, 0.3) is 0 Å². The lowest BCUT2D eigenvalue weighted by Crippen LogP contribution is -2.35. The summed E-state index contributed by atoms with van der Waals surface area (Å²) in [4.78, 5) is 24.6. The maximum Gasteiger partial charge on any atom is 0.407 e. The molecule has 7 nitrogen and oxygen atoms in total. The summed E-state index contributed by atoms with van der Waals surface area (Å²) in [6.07, 6.45) is 0.0320. The Balaban J connectivity index is 2.26. The molecular weight excluding hydrogens is 315 g/mol. The van der Waals surface area contributed by atoms with E-state index < -0.39 is 33.6 Å². The van der Waals surface area contributed by atoms with Crippen LogP contribution >= 0.6 is 0 Å². The van der Waals surface area contributed by atoms with Gasteiger partial charge in [0.05, 0.1) is 5.75 Å². The number of halogens is 1. The zero-order valence-corrected chi connectivity index (χ0v) is 13.9. The van der Waals surface area contributed by atoms with Crippen molar-refractivity contribution in [3.05, 3.63) is 0 Å². The van der Waals surface area contributed by atoms with Gasteiger partial charge in [-0.25, -0.2) is 4.79 Å². The van der Waals surface area contributed by atoms with E-state index in [1.165, 1.54) is 4.90 Å². The Morgan fingerprint density at radius 2 is 2.09 bits per heavy atom. The summed E-state index contributed by atoms with van der Waals surface area (Å²) in [5, 5.41) is 2.57. The minimum Gasteiger partial charge on any atom is -0.444 e. The van der Waals surface area contributed by atoms with E-state index in [1.54, 1.807) is 20.8 Å². The Bertz CT molecular complexity index is 515. The molecule has 0 saturated carbocycles. The topological polar surface area (TPSA) is 92.8 Å². The van der Waals surface area contributed by atoms with Crippen LogP contribution in [0.25, 0.3) is 0 Å². The van der Waals surface area contributed by atoms with Gasteiger partial charge >= 0.3 is 16.3 Å². The molecule has 1 aliphatic rings. The zero-order chi connectivity index (χ0) is 17.0. The molecule has 1 saturated heterocycles. The molecule has 2 amide bonds. The fourth-order valence-electron chi connectivity index (χ4n) is 2.24. The SMILES string of the molecule is CC(C)(C)OC(=O)NCCCN1CC(CS(=O)(=O)F)CC1=O. The van der Waals surface area contributed by atoms with Crippen molar-refractivity contribution in [3.63, 3.8) is 0 Å². The highest BCUT2D eigenvalue weighted by Crippen LogP contribution is 2.20. The van der Waals surface area contributed by atoms with Crippen LogP contribution in [0, 0.1) is 5.92 Å². The third-order valence-corrected chi connectivity index (χ3v) is 3.87. The summed E-state index contributed by atoms with van der Waals surface area (Å²) >= 11 is 0. The van der Waals surface area contributed by atoms with Crippen LogP contribution in [-0.2, 0) is 19.8 Å². The first kappa shape index (κ1) is 18.7. The minimum atomic E-state index is -4.56. The molecule has 1 N–H and O–H groups in total. The maximum absolute atomic E-state index is 12.6. The molecule has 0 spiro atoms. The first-order valence-electron chi connectivity index (χ1n) is 7.13. The Kier molecular flexibility index (Phi) is 6.16. The second-order valence-electron chi connectivity index (χ2n) is 6.40. The van der Waals surface area contributed by atoms with Crippen LogP contribution in [0.15, 0.2) is 0 Å². The maximum atomic E-state index is 12.6. The number of carbonyl (C=O) groups is 2. The molecule has 1 aliphatic heterocycles. The fourth-order valence-corrected chi connectivity index (χ4v) is 3.02. The molecule has 1 fully saturated rings. The largest absolute Gasteiger partial charge is 0.444 e. The molecule has 1 heterocycles. The van der Waals surface area contributed by atoms with Crippen molar-refractivity contribution in [2.24, 2.45) is 5.92 Å². The van der Waals surface area contributed by atoms with Crippen LogP contribution in [-0.4, -0.2) is 56.3 Å². The number of hydrogen-bond acceptors (Lipinski definition) is 5. The number of nitrogens with one attached hydrogen (secondary N) is 1. The molecule has 0 aromatic rings. The van der Waals surface area contributed by atoms with Gasteiger partial charge in [0, 0.05) is 32.0 Å². The van der Waals surface area contributed by atoms with Crippen molar-refractivity contribution in [2.75, 3.05) is 25.4 Å². The molecular formula is C13H23FN2O5S. The summed E-state index contributed by atoms with van der Waals surface area (Å²) in [7, 11) is -4.56. The quantitative estimate of drug-likeness (QED) is 0.577. The van der Waals surface area contributed by atoms with Gasteiger partial charge in [-0.2, -0.15) is 8.42 Å². The number of hydrogen-bond donors (Lipinski definition) is 1. The number of likely N-dealkylation sites (tertiary alicyclic amines) is 1. The highest BCUT2D eigenvalue weighted by molar-refractivity contribution is 7.86. The Hall–Kier alpha value is -1.38. The van der Waals surface area contributed by atoms with Gasteiger partial charge in [-0.3, -0.25) is 4.79 Å². The number of rotatable bonds is 6. The van der Waals surface area contributed by atoms with Gasteiger partial charge in [0.2, 0.25) is 5.91 Å². The highest BCUT2D eigenvalue weighted by Gasteiger charge is 2.32. The van der Waals surface area contributed by atoms with Crippen molar-refractivity contribution in [3.8, 4) is 0 Å². The van der Waals surface area contributed by atoms with Crippen LogP contribution in [0.5, 0.6) is 0 Å². The van der Waals surface area contributed by atoms with E-state index in [0.717, 1.165) is 0 Å². The first-order valence-corrected chi connectivity index (χ1v) is 8.68. The molecule has 0 radical (unpaired) electrons. The van der Waals surface area contributed by atoms with Gasteiger partial charge in [-0.05, 0) is 27.2 Å². The normalized spacial score (nSPS) is 19.4. The summed E-state index contributed by atoms with van der Waals surface area (Å²) < 4.78 is 38.9. The van der Waals surface area contributed by atoms with Crippen LogP contribution < -0.4 is 5.32 Å². The number of nitrogens with zero attached hydrogens (tertiary/aromatic N) is 1. The lowest BCUT2D eigenvalue weighted by atomic mass is 10.1. The Labute approximate surface area is 130 Å². The summed E-state index contributed by atoms with van der Waals surface area (Å²) in [6.45, 7) is 6.23. The van der Waals surface area contributed by atoms with Crippen LogP contribution in [0.3, 0.4) is 0 Å². The first-order chi connectivity index (χ1) is 9.96. The molecule has 0 aromatic carbocycles. The molecule has 0 bridgehead atoms. The van der Waals surface area contributed by atoms with Gasteiger partial charge in [-0.1, -0.05) is 0 Å². The van der Waals surface area contributed by atoms with Crippen LogP contribution in [0.1, 0.15) is 33.6 Å².